The van der Waals surface area contributed by atoms with Gasteiger partial charge in [-0.2, -0.15) is 0 Å². The zero-order valence-electron chi connectivity index (χ0n) is 27.2. The summed E-state index contributed by atoms with van der Waals surface area (Å²) in [5.41, 5.74) is 2.46. The van der Waals surface area contributed by atoms with Gasteiger partial charge in [-0.05, 0) is 85.8 Å². The van der Waals surface area contributed by atoms with Gasteiger partial charge in [-0.3, -0.25) is 0 Å². The molecule has 0 aromatic heterocycles. The molecule has 0 aliphatic carbocycles. The molecule has 6 heteroatoms. The van der Waals surface area contributed by atoms with Crippen LogP contribution in [-0.4, -0.2) is 40.5 Å². The standard InChI is InChI=1S/C35H58N2O4/c1-26(2)14-18-30(36-24-28-16-20-32(38-5)34(22-28)40-7)12-10-9-11-13-31(19-15-27(3)4)37-25-29-17-21-33(39-6)35(23-29)41-8/h16-17,20-23,26-27,30-31,36-37H,9-15,18-19,24-25H2,1-8H3. The molecule has 0 saturated carbocycles. The van der Waals surface area contributed by atoms with Crippen LogP contribution in [0.2, 0.25) is 0 Å². The maximum Gasteiger partial charge on any atom is 0.161 e. The van der Waals surface area contributed by atoms with Crippen molar-refractivity contribution >= 4 is 0 Å². The largest absolute Gasteiger partial charge is 0.493 e. The Morgan fingerprint density at radius 1 is 0.488 bits per heavy atom. The second kappa shape index (κ2) is 19.6. The van der Waals surface area contributed by atoms with Gasteiger partial charge >= 0.3 is 0 Å². The molecular weight excluding hydrogens is 512 g/mol. The smallest absolute Gasteiger partial charge is 0.161 e. The topological polar surface area (TPSA) is 61.0 Å². The van der Waals surface area contributed by atoms with E-state index >= 15 is 0 Å². The highest BCUT2D eigenvalue weighted by Crippen LogP contribution is 2.29. The van der Waals surface area contributed by atoms with Crippen molar-refractivity contribution in [2.24, 2.45) is 11.8 Å². The van der Waals surface area contributed by atoms with Crippen molar-refractivity contribution in [1.82, 2.24) is 10.6 Å². The van der Waals surface area contributed by atoms with E-state index in [4.69, 9.17) is 18.9 Å². The second-order valence-corrected chi connectivity index (χ2v) is 12.1. The average Bonchev–Trinajstić information content (AvgIpc) is 2.98. The predicted molar refractivity (Wildman–Crippen MR) is 172 cm³/mol. The molecule has 0 radical (unpaired) electrons. The molecule has 2 atom stereocenters. The number of unbranched alkanes of at least 4 members (excludes halogenated alkanes) is 2. The van der Waals surface area contributed by atoms with Gasteiger partial charge in [0.25, 0.3) is 0 Å². The molecule has 0 aliphatic rings. The summed E-state index contributed by atoms with van der Waals surface area (Å²) in [5.74, 6) is 4.57. The Morgan fingerprint density at radius 3 is 1.22 bits per heavy atom. The third-order valence-corrected chi connectivity index (χ3v) is 7.88. The van der Waals surface area contributed by atoms with Crippen LogP contribution >= 0.6 is 0 Å². The van der Waals surface area contributed by atoms with Gasteiger partial charge in [-0.15, -0.1) is 0 Å². The highest BCUT2D eigenvalue weighted by atomic mass is 16.5. The van der Waals surface area contributed by atoms with Gasteiger partial charge in [0.15, 0.2) is 23.0 Å². The number of benzene rings is 2. The van der Waals surface area contributed by atoms with Crippen molar-refractivity contribution < 1.29 is 18.9 Å². The molecule has 0 heterocycles. The van der Waals surface area contributed by atoms with E-state index in [9.17, 15) is 0 Å². The number of rotatable bonds is 22. The number of methoxy groups -OCH3 is 4. The van der Waals surface area contributed by atoms with Gasteiger partial charge < -0.3 is 29.6 Å². The highest BCUT2D eigenvalue weighted by molar-refractivity contribution is 5.43. The molecule has 41 heavy (non-hydrogen) atoms. The van der Waals surface area contributed by atoms with Gasteiger partial charge in [0.2, 0.25) is 0 Å². The summed E-state index contributed by atoms with van der Waals surface area (Å²) in [6.07, 6.45) is 11.2. The molecular formula is C35H58N2O4. The van der Waals surface area contributed by atoms with Crippen molar-refractivity contribution in [2.45, 2.75) is 111 Å². The van der Waals surface area contributed by atoms with Crippen LogP contribution in [0.5, 0.6) is 23.0 Å². The lowest BCUT2D eigenvalue weighted by Gasteiger charge is -2.22. The third kappa shape index (κ3) is 13.4. The Labute approximate surface area is 250 Å². The monoisotopic (exact) mass is 570 g/mol. The van der Waals surface area contributed by atoms with Gasteiger partial charge in [-0.25, -0.2) is 0 Å². The fourth-order valence-corrected chi connectivity index (χ4v) is 5.23. The molecule has 0 saturated heterocycles. The Hall–Kier alpha value is -2.44. The fraction of sp³-hybridized carbons (Fsp3) is 0.657. The zero-order valence-corrected chi connectivity index (χ0v) is 27.2. The summed E-state index contributed by atoms with van der Waals surface area (Å²) >= 11 is 0. The molecule has 2 N–H and O–H groups in total. The first-order valence-electron chi connectivity index (χ1n) is 15.7. The van der Waals surface area contributed by atoms with Crippen molar-refractivity contribution in [3.63, 3.8) is 0 Å². The van der Waals surface area contributed by atoms with E-state index in [2.05, 4.69) is 62.6 Å². The zero-order chi connectivity index (χ0) is 30.0. The summed E-state index contributed by atoms with van der Waals surface area (Å²) in [5, 5.41) is 7.68. The number of ether oxygens (including phenoxy) is 4. The third-order valence-electron chi connectivity index (χ3n) is 7.88. The first-order chi connectivity index (χ1) is 19.8. The highest BCUT2D eigenvalue weighted by Gasteiger charge is 2.13. The second-order valence-electron chi connectivity index (χ2n) is 12.1. The molecule has 0 amide bonds. The Kier molecular flexibility index (Phi) is 16.7. The minimum Gasteiger partial charge on any atom is -0.493 e. The van der Waals surface area contributed by atoms with Crippen LogP contribution < -0.4 is 29.6 Å². The molecule has 0 bridgehead atoms. The van der Waals surface area contributed by atoms with Gasteiger partial charge in [0.1, 0.15) is 0 Å². The van der Waals surface area contributed by atoms with Crippen LogP contribution in [-0.2, 0) is 13.1 Å². The van der Waals surface area contributed by atoms with Crippen molar-refractivity contribution in [2.75, 3.05) is 28.4 Å². The summed E-state index contributed by atoms with van der Waals surface area (Å²) < 4.78 is 21.8. The maximum absolute atomic E-state index is 5.50. The Bertz CT molecular complexity index is 901. The van der Waals surface area contributed by atoms with Gasteiger partial charge in [0, 0.05) is 25.2 Å². The van der Waals surface area contributed by atoms with E-state index in [1.165, 1.54) is 68.9 Å². The van der Waals surface area contributed by atoms with Crippen LogP contribution in [0.1, 0.15) is 96.6 Å². The lowest BCUT2D eigenvalue weighted by molar-refractivity contribution is 0.353. The first kappa shape index (κ1) is 34.8. The molecule has 0 aliphatic heterocycles. The van der Waals surface area contributed by atoms with E-state index < -0.39 is 0 Å². The van der Waals surface area contributed by atoms with Crippen molar-refractivity contribution in [1.29, 1.82) is 0 Å². The van der Waals surface area contributed by atoms with Crippen molar-refractivity contribution in [3.05, 3.63) is 47.5 Å². The predicted octanol–water partition coefficient (Wildman–Crippen LogP) is 8.16. The Morgan fingerprint density at radius 2 is 0.878 bits per heavy atom. The van der Waals surface area contributed by atoms with Crippen LogP contribution in [0.4, 0.5) is 0 Å². The SMILES string of the molecule is COc1ccc(CNC(CCCCCC(CCC(C)C)NCc2ccc(OC)c(OC)c2)CCC(C)C)cc1OC. The normalized spacial score (nSPS) is 12.9. The molecule has 232 valence electrons. The summed E-state index contributed by atoms with van der Waals surface area (Å²) in [7, 11) is 6.75. The van der Waals surface area contributed by atoms with E-state index in [1.54, 1.807) is 28.4 Å². The minimum atomic E-state index is 0.533. The molecule has 6 nitrogen and oxygen atoms in total. The maximum atomic E-state index is 5.50. The molecule has 2 aromatic rings. The van der Waals surface area contributed by atoms with E-state index in [-0.39, 0.29) is 0 Å². The first-order valence-corrected chi connectivity index (χ1v) is 15.7. The van der Waals surface area contributed by atoms with Crippen LogP contribution in [0.15, 0.2) is 36.4 Å². The van der Waals surface area contributed by atoms with Gasteiger partial charge in [-0.1, -0.05) is 59.1 Å². The van der Waals surface area contributed by atoms with E-state index in [0.29, 0.717) is 12.1 Å². The Balaban J connectivity index is 1.85. The van der Waals surface area contributed by atoms with Crippen LogP contribution in [0.25, 0.3) is 0 Å². The molecule has 2 rings (SSSR count). The van der Waals surface area contributed by atoms with E-state index in [0.717, 1.165) is 47.9 Å². The lowest BCUT2D eigenvalue weighted by atomic mass is 9.96. The fourth-order valence-electron chi connectivity index (χ4n) is 5.23. The lowest BCUT2D eigenvalue weighted by Crippen LogP contribution is -2.29. The molecule has 0 spiro atoms. The van der Waals surface area contributed by atoms with E-state index in [1.807, 2.05) is 12.1 Å². The molecule has 2 unspecified atom stereocenters. The van der Waals surface area contributed by atoms with Gasteiger partial charge in [0.05, 0.1) is 28.4 Å². The van der Waals surface area contributed by atoms with Crippen LogP contribution in [0, 0.1) is 11.8 Å². The quantitative estimate of drug-likeness (QED) is 0.139. The minimum absolute atomic E-state index is 0.533. The van der Waals surface area contributed by atoms with Crippen molar-refractivity contribution in [3.8, 4) is 23.0 Å². The number of hydrogen-bond acceptors (Lipinski definition) is 6. The summed E-state index contributed by atoms with van der Waals surface area (Å²) in [6.45, 7) is 11.0. The number of hydrogen-bond donors (Lipinski definition) is 2. The molecule has 0 fully saturated rings. The summed E-state index contributed by atoms with van der Waals surface area (Å²) in [4.78, 5) is 0. The summed E-state index contributed by atoms with van der Waals surface area (Å²) in [6, 6.07) is 13.5. The number of nitrogens with one attached hydrogen (secondary N) is 2. The average molecular weight is 571 g/mol. The molecule has 2 aromatic carbocycles. The van der Waals surface area contributed by atoms with Crippen LogP contribution in [0.3, 0.4) is 0 Å².